The SMILES string of the molecule is O=C(c1ccccc1Cc1ccccc1)N1CCN(c2nc3cccnc3s2)CC1. The molecule has 0 N–H and O–H groups in total. The van der Waals surface area contributed by atoms with Crippen LogP contribution in [0.3, 0.4) is 0 Å². The van der Waals surface area contributed by atoms with Crippen molar-refractivity contribution < 1.29 is 4.79 Å². The van der Waals surface area contributed by atoms with Crippen LogP contribution in [0.4, 0.5) is 5.13 Å². The number of pyridine rings is 1. The number of benzene rings is 2. The van der Waals surface area contributed by atoms with Gasteiger partial charge in [0.1, 0.15) is 10.3 Å². The van der Waals surface area contributed by atoms with Gasteiger partial charge in [0.05, 0.1) is 0 Å². The molecule has 1 aliphatic rings. The predicted octanol–water partition coefficient (Wildman–Crippen LogP) is 4.24. The van der Waals surface area contributed by atoms with Crippen LogP contribution in [0, 0.1) is 0 Å². The minimum atomic E-state index is 0.118. The van der Waals surface area contributed by atoms with Gasteiger partial charge in [-0.15, -0.1) is 0 Å². The van der Waals surface area contributed by atoms with Crippen molar-refractivity contribution in [1.82, 2.24) is 14.9 Å². The molecule has 0 bridgehead atoms. The molecule has 0 aliphatic carbocycles. The van der Waals surface area contributed by atoms with Gasteiger partial charge in [0.2, 0.25) is 0 Å². The summed E-state index contributed by atoms with van der Waals surface area (Å²) in [7, 11) is 0. The highest BCUT2D eigenvalue weighted by Gasteiger charge is 2.25. The van der Waals surface area contributed by atoms with Crippen LogP contribution < -0.4 is 4.90 Å². The van der Waals surface area contributed by atoms with Crippen LogP contribution in [-0.4, -0.2) is 47.0 Å². The fraction of sp³-hybridized carbons (Fsp3) is 0.208. The van der Waals surface area contributed by atoms with E-state index in [-0.39, 0.29) is 5.91 Å². The average molecular weight is 415 g/mol. The molecule has 30 heavy (non-hydrogen) atoms. The highest BCUT2D eigenvalue weighted by Crippen LogP contribution is 2.28. The summed E-state index contributed by atoms with van der Waals surface area (Å²) in [6.07, 6.45) is 2.56. The first kappa shape index (κ1) is 18.8. The number of carbonyl (C=O) groups is 1. The van der Waals surface area contributed by atoms with E-state index in [2.05, 4.69) is 28.1 Å². The van der Waals surface area contributed by atoms with Crippen molar-refractivity contribution in [2.75, 3.05) is 31.1 Å². The molecule has 2 aromatic heterocycles. The van der Waals surface area contributed by atoms with E-state index in [1.807, 2.05) is 53.4 Å². The van der Waals surface area contributed by atoms with Crippen molar-refractivity contribution >= 4 is 32.7 Å². The van der Waals surface area contributed by atoms with E-state index in [0.717, 1.165) is 46.1 Å². The zero-order chi connectivity index (χ0) is 20.3. The number of hydrogen-bond donors (Lipinski definition) is 0. The molecular formula is C24H22N4OS. The van der Waals surface area contributed by atoms with Crippen molar-refractivity contribution in [3.63, 3.8) is 0 Å². The molecule has 4 aromatic rings. The Balaban J connectivity index is 1.29. The molecular weight excluding hydrogens is 392 g/mol. The number of fused-ring (bicyclic) bond motifs is 1. The number of nitrogens with zero attached hydrogens (tertiary/aromatic N) is 4. The number of piperazine rings is 1. The molecule has 0 spiro atoms. The second-order valence-electron chi connectivity index (χ2n) is 7.42. The molecule has 0 radical (unpaired) electrons. The number of hydrogen-bond acceptors (Lipinski definition) is 5. The van der Waals surface area contributed by atoms with Gasteiger partial charge in [-0.05, 0) is 35.7 Å². The third-order valence-electron chi connectivity index (χ3n) is 5.48. The molecule has 3 heterocycles. The normalized spacial score (nSPS) is 14.3. The first-order valence-corrected chi connectivity index (χ1v) is 11.0. The lowest BCUT2D eigenvalue weighted by atomic mass is 9.99. The van der Waals surface area contributed by atoms with Crippen LogP contribution in [0.25, 0.3) is 10.3 Å². The van der Waals surface area contributed by atoms with E-state index in [1.165, 1.54) is 5.56 Å². The van der Waals surface area contributed by atoms with Crippen molar-refractivity contribution in [2.45, 2.75) is 6.42 Å². The Bertz CT molecular complexity index is 1130. The summed E-state index contributed by atoms with van der Waals surface area (Å²) in [5, 5.41) is 0.986. The maximum Gasteiger partial charge on any atom is 0.254 e. The van der Waals surface area contributed by atoms with Crippen LogP contribution in [-0.2, 0) is 6.42 Å². The molecule has 1 amide bonds. The summed E-state index contributed by atoms with van der Waals surface area (Å²) in [6.45, 7) is 2.96. The van der Waals surface area contributed by atoms with Crippen LogP contribution in [0.5, 0.6) is 0 Å². The summed E-state index contributed by atoms with van der Waals surface area (Å²) in [5.74, 6) is 0.118. The largest absolute Gasteiger partial charge is 0.344 e. The van der Waals surface area contributed by atoms with E-state index in [9.17, 15) is 4.79 Å². The first-order valence-electron chi connectivity index (χ1n) is 10.2. The van der Waals surface area contributed by atoms with Crippen LogP contribution in [0.1, 0.15) is 21.5 Å². The van der Waals surface area contributed by atoms with E-state index >= 15 is 0 Å². The van der Waals surface area contributed by atoms with Gasteiger partial charge in [-0.25, -0.2) is 9.97 Å². The number of amides is 1. The molecule has 0 atom stereocenters. The zero-order valence-corrected chi connectivity index (χ0v) is 17.4. The molecule has 1 fully saturated rings. The second kappa shape index (κ2) is 8.24. The molecule has 1 aliphatic heterocycles. The minimum Gasteiger partial charge on any atom is -0.344 e. The molecule has 5 nitrogen and oxygen atoms in total. The molecule has 0 saturated carbocycles. The quantitative estimate of drug-likeness (QED) is 0.501. The van der Waals surface area contributed by atoms with Crippen molar-refractivity contribution in [2.24, 2.45) is 0 Å². The van der Waals surface area contributed by atoms with Crippen LogP contribution >= 0.6 is 11.3 Å². The molecule has 1 saturated heterocycles. The Kier molecular flexibility index (Phi) is 5.15. The van der Waals surface area contributed by atoms with Gasteiger partial charge in [0.15, 0.2) is 5.13 Å². The van der Waals surface area contributed by atoms with E-state index < -0.39 is 0 Å². The van der Waals surface area contributed by atoms with Crippen molar-refractivity contribution in [3.8, 4) is 0 Å². The Morgan fingerprint density at radius 2 is 1.67 bits per heavy atom. The van der Waals surface area contributed by atoms with Crippen LogP contribution in [0.15, 0.2) is 72.9 Å². The molecule has 6 heteroatoms. The third-order valence-corrected chi connectivity index (χ3v) is 6.52. The topological polar surface area (TPSA) is 49.3 Å². The molecule has 150 valence electrons. The van der Waals surface area contributed by atoms with E-state index in [1.54, 1.807) is 17.5 Å². The lowest BCUT2D eigenvalue weighted by molar-refractivity contribution is 0.0746. The fourth-order valence-electron chi connectivity index (χ4n) is 3.86. The zero-order valence-electron chi connectivity index (χ0n) is 16.6. The molecule has 2 aromatic carbocycles. The van der Waals surface area contributed by atoms with E-state index in [4.69, 9.17) is 4.98 Å². The predicted molar refractivity (Wildman–Crippen MR) is 121 cm³/mol. The molecule has 5 rings (SSSR count). The van der Waals surface area contributed by atoms with Gasteiger partial charge < -0.3 is 9.80 Å². The van der Waals surface area contributed by atoms with Crippen molar-refractivity contribution in [1.29, 1.82) is 0 Å². The lowest BCUT2D eigenvalue weighted by Gasteiger charge is -2.34. The van der Waals surface area contributed by atoms with Gasteiger partial charge in [-0.1, -0.05) is 59.9 Å². The highest BCUT2D eigenvalue weighted by molar-refractivity contribution is 7.21. The average Bonchev–Trinajstić information content (AvgIpc) is 3.24. The summed E-state index contributed by atoms with van der Waals surface area (Å²) in [6, 6.07) is 22.2. The number of aromatic nitrogens is 2. The summed E-state index contributed by atoms with van der Waals surface area (Å²) < 4.78 is 0. The monoisotopic (exact) mass is 414 g/mol. The Morgan fingerprint density at radius 3 is 2.47 bits per heavy atom. The second-order valence-corrected chi connectivity index (χ2v) is 8.38. The number of thiazole rings is 1. The van der Waals surface area contributed by atoms with Gasteiger partial charge >= 0.3 is 0 Å². The summed E-state index contributed by atoms with van der Waals surface area (Å²) in [5.41, 5.74) is 4.03. The Morgan fingerprint density at radius 1 is 0.900 bits per heavy atom. The standard InChI is InChI=1S/C24H22N4OS/c29-23(20-10-5-4-9-19(20)17-18-7-2-1-3-8-18)27-13-15-28(16-14-27)24-26-21-11-6-12-25-22(21)30-24/h1-12H,13-17H2. The van der Waals surface area contributed by atoms with Gasteiger partial charge in [0.25, 0.3) is 5.91 Å². The van der Waals surface area contributed by atoms with Crippen LogP contribution in [0.2, 0.25) is 0 Å². The first-order chi connectivity index (χ1) is 14.8. The highest BCUT2D eigenvalue weighted by atomic mass is 32.1. The third kappa shape index (κ3) is 3.78. The maximum atomic E-state index is 13.3. The van der Waals surface area contributed by atoms with E-state index in [0.29, 0.717) is 13.1 Å². The smallest absolute Gasteiger partial charge is 0.254 e. The van der Waals surface area contributed by atoms with Crippen molar-refractivity contribution in [3.05, 3.63) is 89.6 Å². The number of rotatable bonds is 4. The van der Waals surface area contributed by atoms with Gasteiger partial charge in [0, 0.05) is 37.9 Å². The Labute approximate surface area is 179 Å². The maximum absolute atomic E-state index is 13.3. The summed E-state index contributed by atoms with van der Waals surface area (Å²) >= 11 is 1.61. The van der Waals surface area contributed by atoms with Gasteiger partial charge in [-0.2, -0.15) is 0 Å². The fourth-order valence-corrected chi connectivity index (χ4v) is 4.82. The minimum absolute atomic E-state index is 0.118. The Hall–Kier alpha value is -3.25. The number of anilines is 1. The lowest BCUT2D eigenvalue weighted by Crippen LogP contribution is -2.49. The van der Waals surface area contributed by atoms with Gasteiger partial charge in [-0.3, -0.25) is 4.79 Å². The summed E-state index contributed by atoms with van der Waals surface area (Å²) in [4.78, 5) is 27.6. The molecule has 0 unspecified atom stereocenters. The number of carbonyl (C=O) groups excluding carboxylic acids is 1.